The van der Waals surface area contributed by atoms with E-state index in [2.05, 4.69) is 0 Å². The summed E-state index contributed by atoms with van der Waals surface area (Å²) in [5.74, 6) is -1.34. The molecule has 1 aliphatic heterocycles. The molecule has 86 valence electrons. The molecule has 15 heavy (non-hydrogen) atoms. The van der Waals surface area contributed by atoms with E-state index in [0.29, 0.717) is 11.3 Å². The molecule has 0 spiro atoms. The summed E-state index contributed by atoms with van der Waals surface area (Å²) >= 11 is 0.507. The zero-order chi connectivity index (χ0) is 11.3. The van der Waals surface area contributed by atoms with Crippen LogP contribution in [0.5, 0.6) is 21.6 Å². The van der Waals surface area contributed by atoms with E-state index in [1.165, 1.54) is 19.3 Å². The Labute approximate surface area is 91.2 Å². The molecule has 1 saturated heterocycles. The average Bonchev–Trinajstić information content (AvgIpc) is 2.49. The molecule has 6 heteroatoms. The fourth-order valence-corrected chi connectivity index (χ4v) is 1.65. The van der Waals surface area contributed by atoms with Gasteiger partial charge in [0.05, 0.1) is 0 Å². The van der Waals surface area contributed by atoms with Crippen LogP contribution in [0, 0.1) is 0 Å². The quantitative estimate of drug-likeness (QED) is 0.549. The van der Waals surface area contributed by atoms with E-state index in [9.17, 15) is 0 Å². The van der Waals surface area contributed by atoms with Crippen LogP contribution in [0.15, 0.2) is 0 Å². The molecule has 5 nitrogen and oxygen atoms in total. The summed E-state index contributed by atoms with van der Waals surface area (Å²) < 4.78 is 5.07. The molecule has 1 aliphatic rings. The zero-order valence-corrected chi connectivity index (χ0v) is 8.96. The van der Waals surface area contributed by atoms with Gasteiger partial charge in [-0.05, 0) is 19.3 Å². The predicted octanol–water partition coefficient (Wildman–Crippen LogP) is 1.76. The first kappa shape index (κ1) is 11.9. The number of hydrogen-bond acceptors (Lipinski definition) is 6. The van der Waals surface area contributed by atoms with E-state index in [-0.39, 0.29) is 0 Å². The number of hydrogen-bond donors (Lipinski definition) is 4. The lowest BCUT2D eigenvalue weighted by Gasteiger charge is -2.08. The molecule has 0 saturated carbocycles. The smallest absolute Gasteiger partial charge is 0.221 e. The van der Waals surface area contributed by atoms with Gasteiger partial charge in [-0.1, -0.05) is 11.3 Å². The van der Waals surface area contributed by atoms with E-state index < -0.39 is 21.6 Å². The molecular formula is C9H14O5S. The minimum atomic E-state index is -0.669. The summed E-state index contributed by atoms with van der Waals surface area (Å²) in [7, 11) is 0. The Bertz CT molecular complexity index is 272. The van der Waals surface area contributed by atoms with Crippen molar-refractivity contribution in [2.24, 2.45) is 0 Å². The Kier molecular flexibility index (Phi) is 4.51. The Morgan fingerprint density at radius 1 is 0.800 bits per heavy atom. The van der Waals surface area contributed by atoms with Gasteiger partial charge < -0.3 is 25.2 Å². The highest BCUT2D eigenvalue weighted by molar-refractivity contribution is 7.16. The van der Waals surface area contributed by atoms with Gasteiger partial charge in [0, 0.05) is 13.2 Å². The normalized spacial score (nSPS) is 15.5. The van der Waals surface area contributed by atoms with Gasteiger partial charge in [-0.15, -0.1) is 0 Å². The number of ether oxygens (including phenoxy) is 1. The van der Waals surface area contributed by atoms with Crippen LogP contribution in [0.25, 0.3) is 0 Å². The molecule has 2 heterocycles. The average molecular weight is 234 g/mol. The van der Waals surface area contributed by atoms with Gasteiger partial charge in [0.15, 0.2) is 0 Å². The molecule has 2 rings (SSSR count). The minimum absolute atomic E-state index is 0.481. The molecule has 0 amide bonds. The van der Waals surface area contributed by atoms with Crippen molar-refractivity contribution in [3.63, 3.8) is 0 Å². The second-order valence-corrected chi connectivity index (χ2v) is 4.06. The van der Waals surface area contributed by atoms with Crippen molar-refractivity contribution in [1.82, 2.24) is 0 Å². The van der Waals surface area contributed by atoms with E-state index in [1.54, 1.807) is 0 Å². The lowest BCUT2D eigenvalue weighted by atomic mass is 10.2. The number of rotatable bonds is 0. The summed E-state index contributed by atoms with van der Waals surface area (Å²) in [6.07, 6.45) is 3.93. The van der Waals surface area contributed by atoms with Crippen molar-refractivity contribution >= 4 is 11.3 Å². The SMILES string of the molecule is C1CCOCC1.Oc1sc(O)c(O)c1O. The van der Waals surface area contributed by atoms with Crippen molar-refractivity contribution in [2.45, 2.75) is 19.3 Å². The highest BCUT2D eigenvalue weighted by Crippen LogP contribution is 2.49. The molecular weight excluding hydrogens is 220 g/mol. The molecule has 1 aromatic rings. The standard InChI is InChI=1S/C5H10O.C4H4O4S/c1-2-4-6-5-3-1;5-1-2(6)4(8)9-3(1)7/h1-5H2;5-8H. The Morgan fingerprint density at radius 2 is 1.27 bits per heavy atom. The maximum atomic E-state index is 8.58. The second kappa shape index (κ2) is 5.67. The van der Waals surface area contributed by atoms with Crippen molar-refractivity contribution in [3.05, 3.63) is 0 Å². The molecule has 0 aliphatic carbocycles. The molecule has 0 atom stereocenters. The Morgan fingerprint density at radius 3 is 1.40 bits per heavy atom. The van der Waals surface area contributed by atoms with E-state index in [4.69, 9.17) is 25.2 Å². The van der Waals surface area contributed by atoms with Gasteiger partial charge in [-0.25, -0.2) is 0 Å². The lowest BCUT2D eigenvalue weighted by molar-refractivity contribution is 0.0968. The van der Waals surface area contributed by atoms with E-state index >= 15 is 0 Å². The third-order valence-corrected chi connectivity index (χ3v) is 2.67. The third kappa shape index (κ3) is 3.49. The van der Waals surface area contributed by atoms with E-state index in [1.807, 2.05) is 0 Å². The molecule has 1 fully saturated rings. The first-order chi connectivity index (χ1) is 7.13. The van der Waals surface area contributed by atoms with Crippen molar-refractivity contribution in [2.75, 3.05) is 13.2 Å². The summed E-state index contributed by atoms with van der Waals surface area (Å²) in [4.78, 5) is 0. The first-order valence-corrected chi connectivity index (χ1v) is 5.45. The van der Waals surface area contributed by atoms with Crippen LogP contribution in [0.4, 0.5) is 0 Å². The van der Waals surface area contributed by atoms with Crippen LogP contribution < -0.4 is 0 Å². The van der Waals surface area contributed by atoms with Gasteiger partial charge in [0.25, 0.3) is 0 Å². The molecule has 0 bridgehead atoms. The molecule has 0 aromatic carbocycles. The largest absolute Gasteiger partial charge is 0.501 e. The van der Waals surface area contributed by atoms with E-state index in [0.717, 1.165) is 13.2 Å². The maximum absolute atomic E-state index is 8.58. The molecule has 0 unspecified atom stereocenters. The highest BCUT2D eigenvalue weighted by Gasteiger charge is 2.14. The maximum Gasteiger partial charge on any atom is 0.221 e. The summed E-state index contributed by atoms with van der Waals surface area (Å²) in [5.41, 5.74) is 0. The van der Waals surface area contributed by atoms with Crippen LogP contribution in [0.3, 0.4) is 0 Å². The number of aromatic hydroxyl groups is 4. The fraction of sp³-hybridized carbons (Fsp3) is 0.556. The monoisotopic (exact) mass is 234 g/mol. The summed E-state index contributed by atoms with van der Waals surface area (Å²) in [6.45, 7) is 2.00. The van der Waals surface area contributed by atoms with Gasteiger partial charge in [-0.2, -0.15) is 0 Å². The van der Waals surface area contributed by atoms with Crippen LogP contribution in [0.2, 0.25) is 0 Å². The van der Waals surface area contributed by atoms with Gasteiger partial charge in [-0.3, -0.25) is 0 Å². The van der Waals surface area contributed by atoms with Crippen LogP contribution in [0.1, 0.15) is 19.3 Å². The van der Waals surface area contributed by atoms with Gasteiger partial charge >= 0.3 is 0 Å². The number of thiophene rings is 1. The molecule has 4 N–H and O–H groups in total. The van der Waals surface area contributed by atoms with Crippen LogP contribution in [-0.2, 0) is 4.74 Å². The molecule has 0 radical (unpaired) electrons. The Hall–Kier alpha value is -1.14. The first-order valence-electron chi connectivity index (χ1n) is 4.63. The van der Waals surface area contributed by atoms with Crippen LogP contribution >= 0.6 is 11.3 Å². The van der Waals surface area contributed by atoms with Crippen LogP contribution in [-0.4, -0.2) is 33.6 Å². The minimum Gasteiger partial charge on any atom is -0.501 e. The van der Waals surface area contributed by atoms with Crippen molar-refractivity contribution in [3.8, 4) is 21.6 Å². The summed E-state index contributed by atoms with van der Waals surface area (Å²) in [5, 5.41) is 33.3. The van der Waals surface area contributed by atoms with Crippen molar-refractivity contribution < 1.29 is 25.2 Å². The summed E-state index contributed by atoms with van der Waals surface area (Å²) in [6, 6.07) is 0. The third-order valence-electron chi connectivity index (χ3n) is 1.90. The zero-order valence-electron chi connectivity index (χ0n) is 8.14. The Balaban J connectivity index is 0.000000162. The topological polar surface area (TPSA) is 90.2 Å². The molecule has 1 aromatic heterocycles. The predicted molar refractivity (Wildman–Crippen MR) is 55.6 cm³/mol. The fourth-order valence-electron chi connectivity index (χ4n) is 1.08. The highest BCUT2D eigenvalue weighted by atomic mass is 32.1. The van der Waals surface area contributed by atoms with Gasteiger partial charge in [0.2, 0.25) is 21.6 Å². The van der Waals surface area contributed by atoms with Crippen molar-refractivity contribution in [1.29, 1.82) is 0 Å². The lowest BCUT2D eigenvalue weighted by Crippen LogP contribution is -2.03. The second-order valence-electron chi connectivity index (χ2n) is 3.08. The van der Waals surface area contributed by atoms with Gasteiger partial charge in [0.1, 0.15) is 0 Å².